The Balaban J connectivity index is 2.14. The molecule has 1 aliphatic carbocycles. The molecule has 2 heteroatoms. The van der Waals surface area contributed by atoms with Crippen molar-refractivity contribution in [2.45, 2.75) is 64.3 Å². The summed E-state index contributed by atoms with van der Waals surface area (Å²) in [6.07, 6.45) is 6.67. The fourth-order valence-corrected chi connectivity index (χ4v) is 4.17. The van der Waals surface area contributed by atoms with Crippen LogP contribution in [-0.4, -0.2) is 13.1 Å². The van der Waals surface area contributed by atoms with Crippen molar-refractivity contribution in [3.63, 3.8) is 0 Å². The fourth-order valence-electron chi connectivity index (χ4n) is 4.17. The summed E-state index contributed by atoms with van der Waals surface area (Å²) in [6.45, 7) is 6.88. The summed E-state index contributed by atoms with van der Waals surface area (Å²) < 4.78 is 13.2. The maximum atomic E-state index is 13.2. The third-order valence-corrected chi connectivity index (χ3v) is 5.62. The largest absolute Gasteiger partial charge is 0.316 e. The minimum Gasteiger partial charge on any atom is -0.316 e. The van der Waals surface area contributed by atoms with Crippen molar-refractivity contribution in [3.8, 4) is 0 Å². The average Bonchev–Trinajstić information content (AvgIpc) is 2.49. The summed E-state index contributed by atoms with van der Waals surface area (Å²) in [5.74, 6) is 1.49. The monoisotopic (exact) mass is 291 g/mol. The molecule has 21 heavy (non-hydrogen) atoms. The van der Waals surface area contributed by atoms with Crippen LogP contribution in [0.4, 0.5) is 4.39 Å². The van der Waals surface area contributed by atoms with Crippen molar-refractivity contribution >= 4 is 0 Å². The summed E-state index contributed by atoms with van der Waals surface area (Å²) in [5, 5.41) is 3.56. The van der Waals surface area contributed by atoms with Gasteiger partial charge in [0.15, 0.2) is 0 Å². The Morgan fingerprint density at radius 2 is 1.71 bits per heavy atom. The first-order valence-corrected chi connectivity index (χ1v) is 8.42. The molecule has 1 aliphatic rings. The zero-order valence-electron chi connectivity index (χ0n) is 14.0. The quantitative estimate of drug-likeness (QED) is 0.813. The van der Waals surface area contributed by atoms with Gasteiger partial charge in [0.05, 0.1) is 0 Å². The van der Waals surface area contributed by atoms with E-state index in [1.807, 2.05) is 12.1 Å². The Morgan fingerprint density at radius 1 is 1.14 bits per heavy atom. The number of hydrogen-bond donors (Lipinski definition) is 1. The van der Waals surface area contributed by atoms with Crippen LogP contribution in [0.15, 0.2) is 24.3 Å². The Hall–Kier alpha value is -0.890. The first-order chi connectivity index (χ1) is 9.98. The van der Waals surface area contributed by atoms with Gasteiger partial charge in [0.2, 0.25) is 0 Å². The third kappa shape index (κ3) is 3.66. The van der Waals surface area contributed by atoms with Crippen LogP contribution in [0.2, 0.25) is 0 Å². The van der Waals surface area contributed by atoms with Gasteiger partial charge in [-0.3, -0.25) is 0 Å². The Kier molecular flexibility index (Phi) is 5.43. The highest BCUT2D eigenvalue weighted by Crippen LogP contribution is 2.39. The van der Waals surface area contributed by atoms with Crippen LogP contribution < -0.4 is 5.32 Å². The van der Waals surface area contributed by atoms with Gasteiger partial charge in [-0.05, 0) is 49.4 Å². The van der Waals surface area contributed by atoms with Crippen LogP contribution in [0.25, 0.3) is 0 Å². The number of nitrogens with one attached hydrogen (secondary N) is 1. The lowest BCUT2D eigenvalue weighted by Crippen LogP contribution is -2.49. The molecule has 0 aliphatic heterocycles. The summed E-state index contributed by atoms with van der Waals surface area (Å²) in [5.41, 5.74) is 1.24. The third-order valence-electron chi connectivity index (χ3n) is 5.62. The number of benzene rings is 1. The number of rotatable bonds is 5. The first kappa shape index (κ1) is 16.5. The summed E-state index contributed by atoms with van der Waals surface area (Å²) >= 11 is 0. The van der Waals surface area contributed by atoms with E-state index in [2.05, 4.69) is 33.1 Å². The van der Waals surface area contributed by atoms with Crippen LogP contribution >= 0.6 is 0 Å². The van der Waals surface area contributed by atoms with Crippen molar-refractivity contribution in [1.29, 1.82) is 0 Å². The van der Waals surface area contributed by atoms with Crippen molar-refractivity contribution in [2.75, 3.05) is 7.05 Å². The van der Waals surface area contributed by atoms with Gasteiger partial charge in [-0.1, -0.05) is 52.2 Å². The van der Waals surface area contributed by atoms with E-state index in [1.165, 1.54) is 37.7 Å². The van der Waals surface area contributed by atoms with Gasteiger partial charge in [0, 0.05) is 11.5 Å². The maximum absolute atomic E-state index is 13.2. The van der Waals surface area contributed by atoms with Crippen LogP contribution in [0.5, 0.6) is 0 Å². The topological polar surface area (TPSA) is 12.0 Å². The van der Waals surface area contributed by atoms with E-state index in [-0.39, 0.29) is 11.2 Å². The molecule has 1 N–H and O–H groups in total. The zero-order valence-corrected chi connectivity index (χ0v) is 14.0. The van der Waals surface area contributed by atoms with E-state index >= 15 is 0 Å². The smallest absolute Gasteiger partial charge is 0.123 e. The lowest BCUT2D eigenvalue weighted by atomic mass is 9.67. The number of likely N-dealkylation sites (N-methyl/N-ethyl adjacent to an activating group) is 1. The standard InChI is InChI=1S/C19H30FN/c1-5-14-6-8-15(9-7-14)18(21-4)19(2,3)16-10-12-17(20)13-11-16/h10-15,18,21H,5-9H2,1-4H3. The van der Waals surface area contributed by atoms with Gasteiger partial charge in [0.1, 0.15) is 5.82 Å². The van der Waals surface area contributed by atoms with Gasteiger partial charge < -0.3 is 5.32 Å². The average molecular weight is 291 g/mol. The highest BCUT2D eigenvalue weighted by atomic mass is 19.1. The molecule has 0 aromatic heterocycles. The minimum absolute atomic E-state index is 0.0200. The maximum Gasteiger partial charge on any atom is 0.123 e. The molecule has 2 rings (SSSR count). The molecular weight excluding hydrogens is 261 g/mol. The molecule has 1 aromatic carbocycles. The van der Waals surface area contributed by atoms with E-state index in [0.29, 0.717) is 6.04 Å². The van der Waals surface area contributed by atoms with E-state index in [4.69, 9.17) is 0 Å². The van der Waals surface area contributed by atoms with Crippen molar-refractivity contribution < 1.29 is 4.39 Å². The molecule has 0 saturated heterocycles. The van der Waals surface area contributed by atoms with Crippen LogP contribution in [-0.2, 0) is 5.41 Å². The van der Waals surface area contributed by atoms with Crippen LogP contribution in [0.1, 0.15) is 58.4 Å². The van der Waals surface area contributed by atoms with Crippen molar-refractivity contribution in [3.05, 3.63) is 35.6 Å². The second-order valence-electron chi connectivity index (χ2n) is 7.18. The number of halogens is 1. The highest BCUT2D eigenvalue weighted by Gasteiger charge is 2.37. The fraction of sp³-hybridized carbons (Fsp3) is 0.684. The molecule has 0 radical (unpaired) electrons. The molecule has 0 amide bonds. The molecule has 1 atom stereocenters. The molecule has 1 fully saturated rings. The molecular formula is C19H30FN. The normalized spacial score (nSPS) is 24.8. The van der Waals surface area contributed by atoms with Crippen molar-refractivity contribution in [1.82, 2.24) is 5.32 Å². The first-order valence-electron chi connectivity index (χ1n) is 8.42. The molecule has 0 spiro atoms. The summed E-state index contributed by atoms with van der Waals surface area (Å²) in [4.78, 5) is 0. The van der Waals surface area contributed by atoms with Gasteiger partial charge in [0.25, 0.3) is 0 Å². The second kappa shape index (κ2) is 6.91. The second-order valence-corrected chi connectivity index (χ2v) is 7.18. The van der Waals surface area contributed by atoms with Gasteiger partial charge in [-0.2, -0.15) is 0 Å². The van der Waals surface area contributed by atoms with Crippen LogP contribution in [0.3, 0.4) is 0 Å². The molecule has 118 valence electrons. The Bertz CT molecular complexity index is 429. The summed E-state index contributed by atoms with van der Waals surface area (Å²) in [6, 6.07) is 7.49. The SMILES string of the molecule is CCC1CCC(C(NC)C(C)(C)c2ccc(F)cc2)CC1. The zero-order chi connectivity index (χ0) is 15.5. The van der Waals surface area contributed by atoms with Crippen molar-refractivity contribution in [2.24, 2.45) is 11.8 Å². The van der Waals surface area contributed by atoms with E-state index in [1.54, 1.807) is 12.1 Å². The van der Waals surface area contributed by atoms with Gasteiger partial charge >= 0.3 is 0 Å². The highest BCUT2D eigenvalue weighted by molar-refractivity contribution is 5.27. The molecule has 1 saturated carbocycles. The summed E-state index contributed by atoms with van der Waals surface area (Å²) in [7, 11) is 2.07. The molecule has 0 bridgehead atoms. The minimum atomic E-state index is -0.154. The van der Waals surface area contributed by atoms with Crippen LogP contribution in [0, 0.1) is 17.7 Å². The number of hydrogen-bond acceptors (Lipinski definition) is 1. The molecule has 1 aromatic rings. The van der Waals surface area contributed by atoms with E-state index in [9.17, 15) is 4.39 Å². The molecule has 1 nitrogen and oxygen atoms in total. The predicted molar refractivity (Wildman–Crippen MR) is 88.0 cm³/mol. The Morgan fingerprint density at radius 3 is 2.19 bits per heavy atom. The van der Waals surface area contributed by atoms with Gasteiger partial charge in [-0.15, -0.1) is 0 Å². The predicted octanol–water partition coefficient (Wildman–Crippen LogP) is 4.91. The lowest BCUT2D eigenvalue weighted by Gasteiger charge is -2.42. The van der Waals surface area contributed by atoms with E-state index in [0.717, 1.165) is 11.8 Å². The Labute approximate surface area is 129 Å². The molecule has 0 heterocycles. The lowest BCUT2D eigenvalue weighted by molar-refractivity contribution is 0.175. The van der Waals surface area contributed by atoms with Gasteiger partial charge in [-0.25, -0.2) is 4.39 Å². The molecule has 1 unspecified atom stereocenters. The van der Waals surface area contributed by atoms with E-state index < -0.39 is 0 Å².